The van der Waals surface area contributed by atoms with Crippen LogP contribution in [0.25, 0.3) is 22.3 Å². The minimum atomic E-state index is -0.201. The van der Waals surface area contributed by atoms with Crippen molar-refractivity contribution in [3.63, 3.8) is 0 Å². The molecule has 0 bridgehead atoms. The van der Waals surface area contributed by atoms with E-state index in [2.05, 4.69) is 36.2 Å². The third kappa shape index (κ3) is 2.08. The van der Waals surface area contributed by atoms with E-state index in [0.29, 0.717) is 6.54 Å². The summed E-state index contributed by atoms with van der Waals surface area (Å²) in [6.45, 7) is 0.693. The average molecular weight is 336 g/mol. The third-order valence-corrected chi connectivity index (χ3v) is 4.15. The Kier molecular flexibility index (Phi) is 3.23. The number of benzene rings is 1. The molecule has 0 aliphatic heterocycles. The predicted octanol–water partition coefficient (Wildman–Crippen LogP) is 1.74. The van der Waals surface area contributed by atoms with Crippen molar-refractivity contribution >= 4 is 27.0 Å². The van der Waals surface area contributed by atoms with Gasteiger partial charge in [-0.25, -0.2) is 9.78 Å². The highest BCUT2D eigenvalue weighted by atomic mass is 79.9. The minimum Gasteiger partial charge on any atom is -0.324 e. The van der Waals surface area contributed by atoms with Crippen LogP contribution in [0.4, 0.5) is 0 Å². The van der Waals surface area contributed by atoms with Crippen LogP contribution in [0.5, 0.6) is 0 Å². The van der Waals surface area contributed by atoms with Gasteiger partial charge in [0.05, 0.1) is 17.6 Å². The van der Waals surface area contributed by atoms with Gasteiger partial charge in [-0.15, -0.1) is 0 Å². The summed E-state index contributed by atoms with van der Waals surface area (Å²) in [7, 11) is 3.85. The number of nitrogens with zero attached hydrogens (tertiary/aromatic N) is 2. The molecule has 0 fully saturated rings. The molecular weight excluding hydrogens is 322 g/mol. The van der Waals surface area contributed by atoms with Crippen molar-refractivity contribution in [2.75, 3.05) is 7.05 Å². The smallest absolute Gasteiger partial charge is 0.323 e. The Morgan fingerprint density at radius 1 is 1.35 bits per heavy atom. The maximum absolute atomic E-state index is 11.3. The summed E-state index contributed by atoms with van der Waals surface area (Å²) >= 11 is 3.57. The van der Waals surface area contributed by atoms with Gasteiger partial charge in [0.25, 0.3) is 0 Å². The van der Waals surface area contributed by atoms with E-state index in [1.807, 2.05) is 36.9 Å². The molecule has 1 aromatic carbocycles. The molecule has 0 aliphatic rings. The zero-order valence-electron chi connectivity index (χ0n) is 11.1. The molecule has 0 saturated heterocycles. The van der Waals surface area contributed by atoms with Crippen molar-refractivity contribution in [1.29, 1.82) is 0 Å². The number of fused-ring (bicyclic) bond motifs is 1. The van der Waals surface area contributed by atoms with Crippen LogP contribution < -0.4 is 11.0 Å². The van der Waals surface area contributed by atoms with Crippen LogP contribution in [0, 0.1) is 0 Å². The molecule has 20 heavy (non-hydrogen) atoms. The van der Waals surface area contributed by atoms with Crippen molar-refractivity contribution in [1.82, 2.24) is 24.8 Å². The fourth-order valence-corrected chi connectivity index (χ4v) is 2.72. The molecular formula is C13H14BrN5O. The standard InChI is InChI=1S/C13H14BrN5O/c1-15-6-10-18-11(12(14)19(10)2)7-3-4-8-9(5-7)17-13(20)16-8/h3-5,15H,6H2,1-2H3,(H2,16,17,20). The Morgan fingerprint density at radius 3 is 2.85 bits per heavy atom. The largest absolute Gasteiger partial charge is 0.324 e. The van der Waals surface area contributed by atoms with Crippen LogP contribution in [0.3, 0.4) is 0 Å². The van der Waals surface area contributed by atoms with Gasteiger partial charge < -0.3 is 19.9 Å². The van der Waals surface area contributed by atoms with E-state index in [4.69, 9.17) is 0 Å². The monoisotopic (exact) mass is 335 g/mol. The topological polar surface area (TPSA) is 78.5 Å². The molecule has 0 atom stereocenters. The highest BCUT2D eigenvalue weighted by molar-refractivity contribution is 9.10. The summed E-state index contributed by atoms with van der Waals surface area (Å²) in [4.78, 5) is 21.4. The predicted molar refractivity (Wildman–Crippen MR) is 81.6 cm³/mol. The average Bonchev–Trinajstić information content (AvgIpc) is 2.92. The van der Waals surface area contributed by atoms with Gasteiger partial charge in [-0.05, 0) is 35.1 Å². The van der Waals surface area contributed by atoms with Gasteiger partial charge in [0.1, 0.15) is 16.1 Å². The lowest BCUT2D eigenvalue weighted by Crippen LogP contribution is -2.10. The van der Waals surface area contributed by atoms with Gasteiger partial charge in [-0.1, -0.05) is 6.07 Å². The van der Waals surface area contributed by atoms with Crippen molar-refractivity contribution < 1.29 is 0 Å². The molecule has 2 heterocycles. The van der Waals surface area contributed by atoms with E-state index >= 15 is 0 Å². The second-order valence-electron chi connectivity index (χ2n) is 4.60. The summed E-state index contributed by atoms with van der Waals surface area (Å²) in [6, 6.07) is 5.74. The Balaban J connectivity index is 2.14. The van der Waals surface area contributed by atoms with Gasteiger partial charge in [0.2, 0.25) is 0 Å². The van der Waals surface area contributed by atoms with Crippen molar-refractivity contribution in [3.8, 4) is 11.3 Å². The highest BCUT2D eigenvalue weighted by Gasteiger charge is 2.14. The van der Waals surface area contributed by atoms with Crippen molar-refractivity contribution in [2.24, 2.45) is 7.05 Å². The van der Waals surface area contributed by atoms with Crippen LogP contribution >= 0.6 is 15.9 Å². The van der Waals surface area contributed by atoms with E-state index in [1.54, 1.807) is 0 Å². The Bertz CT molecular complexity index is 829. The normalized spacial score (nSPS) is 11.3. The molecule has 104 valence electrons. The minimum absolute atomic E-state index is 0.201. The van der Waals surface area contributed by atoms with Gasteiger partial charge in [-0.2, -0.15) is 0 Å². The number of halogens is 1. The first-order valence-corrected chi connectivity index (χ1v) is 6.97. The van der Waals surface area contributed by atoms with Crippen LogP contribution in [0.1, 0.15) is 5.82 Å². The van der Waals surface area contributed by atoms with E-state index in [9.17, 15) is 4.79 Å². The summed E-state index contributed by atoms with van der Waals surface area (Å²) in [5, 5.41) is 3.09. The zero-order valence-corrected chi connectivity index (χ0v) is 12.7. The highest BCUT2D eigenvalue weighted by Crippen LogP contribution is 2.29. The van der Waals surface area contributed by atoms with Crippen LogP contribution in [-0.4, -0.2) is 26.6 Å². The maximum atomic E-state index is 11.3. The summed E-state index contributed by atoms with van der Waals surface area (Å²) in [6.07, 6.45) is 0. The fraction of sp³-hybridized carbons (Fsp3) is 0.231. The van der Waals surface area contributed by atoms with Crippen molar-refractivity contribution in [2.45, 2.75) is 6.54 Å². The van der Waals surface area contributed by atoms with E-state index in [1.165, 1.54) is 0 Å². The molecule has 0 spiro atoms. The quantitative estimate of drug-likeness (QED) is 0.682. The Labute approximate surface area is 123 Å². The van der Waals surface area contributed by atoms with E-state index < -0.39 is 0 Å². The number of rotatable bonds is 3. The number of H-pyrrole nitrogens is 2. The molecule has 0 unspecified atom stereocenters. The number of aromatic amines is 2. The Hall–Kier alpha value is -1.86. The number of hydrogen-bond acceptors (Lipinski definition) is 3. The molecule has 0 aliphatic carbocycles. The Morgan fingerprint density at radius 2 is 2.10 bits per heavy atom. The molecule has 2 aromatic heterocycles. The first-order chi connectivity index (χ1) is 9.60. The van der Waals surface area contributed by atoms with Gasteiger partial charge >= 0.3 is 5.69 Å². The third-order valence-electron chi connectivity index (χ3n) is 3.24. The van der Waals surface area contributed by atoms with Crippen LogP contribution in [0.15, 0.2) is 27.6 Å². The SMILES string of the molecule is CNCc1nc(-c2ccc3[nH]c(=O)[nH]c3c2)c(Br)n1C. The lowest BCUT2D eigenvalue weighted by Gasteiger charge is -2.00. The summed E-state index contributed by atoms with van der Waals surface area (Å²) in [5.41, 5.74) is 3.19. The van der Waals surface area contributed by atoms with Gasteiger partial charge in [-0.3, -0.25) is 0 Å². The van der Waals surface area contributed by atoms with Crippen molar-refractivity contribution in [3.05, 3.63) is 39.1 Å². The first-order valence-electron chi connectivity index (χ1n) is 6.18. The second kappa shape index (κ2) is 4.92. The number of aromatic nitrogens is 4. The lowest BCUT2D eigenvalue weighted by atomic mass is 10.1. The number of nitrogens with one attached hydrogen (secondary N) is 3. The van der Waals surface area contributed by atoms with E-state index in [0.717, 1.165) is 32.7 Å². The summed E-state index contributed by atoms with van der Waals surface area (Å²) < 4.78 is 2.91. The van der Waals surface area contributed by atoms with Crippen LogP contribution in [-0.2, 0) is 13.6 Å². The molecule has 3 aromatic rings. The molecule has 3 N–H and O–H groups in total. The molecule has 7 heteroatoms. The van der Waals surface area contributed by atoms with Crippen LogP contribution in [0.2, 0.25) is 0 Å². The van der Waals surface area contributed by atoms with Gasteiger partial charge in [0.15, 0.2) is 0 Å². The van der Waals surface area contributed by atoms with Gasteiger partial charge in [0, 0.05) is 12.6 Å². The zero-order chi connectivity index (χ0) is 14.3. The number of hydrogen-bond donors (Lipinski definition) is 3. The maximum Gasteiger partial charge on any atom is 0.323 e. The molecule has 0 saturated carbocycles. The lowest BCUT2D eigenvalue weighted by molar-refractivity contribution is 0.704. The molecule has 0 radical (unpaired) electrons. The first kappa shape index (κ1) is 13.1. The number of imidazole rings is 2. The molecule has 3 rings (SSSR count). The van der Waals surface area contributed by atoms with E-state index in [-0.39, 0.29) is 5.69 Å². The fourth-order valence-electron chi connectivity index (χ4n) is 2.20. The molecule has 6 nitrogen and oxygen atoms in total. The summed E-state index contributed by atoms with van der Waals surface area (Å²) in [5.74, 6) is 0.942. The molecule has 0 amide bonds. The second-order valence-corrected chi connectivity index (χ2v) is 5.35.